The van der Waals surface area contributed by atoms with Crippen LogP contribution in [0.25, 0.3) is 11.3 Å². The lowest BCUT2D eigenvalue weighted by atomic mass is 9.83. The Morgan fingerprint density at radius 1 is 1.20 bits per heavy atom. The van der Waals surface area contributed by atoms with E-state index in [0.717, 1.165) is 22.7 Å². The highest BCUT2D eigenvalue weighted by Crippen LogP contribution is 2.40. The molecule has 0 aliphatic carbocycles. The molecule has 4 nitrogen and oxygen atoms in total. The number of nitrogens with one attached hydrogen (secondary N) is 1. The molecule has 0 amide bonds. The smallest absolute Gasteiger partial charge is 0.198 e. The van der Waals surface area contributed by atoms with Crippen molar-refractivity contribution in [3.8, 4) is 17.0 Å². The second-order valence-electron chi connectivity index (χ2n) is 6.24. The van der Waals surface area contributed by atoms with E-state index < -0.39 is 0 Å². The molecule has 0 bridgehead atoms. The average molecular weight is 273 g/mol. The van der Waals surface area contributed by atoms with Crippen LogP contribution in [-0.4, -0.2) is 17.1 Å². The zero-order valence-electron chi connectivity index (χ0n) is 13.1. The van der Waals surface area contributed by atoms with Gasteiger partial charge >= 0.3 is 0 Å². The maximum Gasteiger partial charge on any atom is 0.198 e. The van der Waals surface area contributed by atoms with Gasteiger partial charge in [-0.15, -0.1) is 0 Å². The number of rotatable bonds is 2. The molecule has 1 aromatic carbocycles. The molecular formula is C16H23N3O. The van der Waals surface area contributed by atoms with Gasteiger partial charge in [-0.05, 0) is 30.9 Å². The molecule has 20 heavy (non-hydrogen) atoms. The van der Waals surface area contributed by atoms with Crippen molar-refractivity contribution >= 4 is 5.95 Å². The van der Waals surface area contributed by atoms with Crippen molar-refractivity contribution in [1.29, 1.82) is 0 Å². The van der Waals surface area contributed by atoms with Crippen molar-refractivity contribution < 1.29 is 4.74 Å². The molecule has 0 aliphatic heterocycles. The van der Waals surface area contributed by atoms with Crippen LogP contribution in [0.1, 0.15) is 37.6 Å². The molecule has 0 spiro atoms. The fraction of sp³-hybridized carbons (Fsp3) is 0.438. The number of H-pyrrole nitrogens is 1. The van der Waals surface area contributed by atoms with Crippen LogP contribution < -0.4 is 10.5 Å². The minimum Gasteiger partial charge on any atom is -0.496 e. The number of nitrogen functional groups attached to an aromatic ring is 1. The predicted octanol–water partition coefficient (Wildman–Crippen LogP) is 3.58. The van der Waals surface area contributed by atoms with Gasteiger partial charge in [0.1, 0.15) is 5.75 Å². The number of aromatic amines is 1. The van der Waals surface area contributed by atoms with E-state index in [-0.39, 0.29) is 5.41 Å². The third-order valence-electron chi connectivity index (χ3n) is 3.40. The molecule has 0 fully saturated rings. The van der Waals surface area contributed by atoms with Gasteiger partial charge in [-0.3, -0.25) is 0 Å². The van der Waals surface area contributed by atoms with Gasteiger partial charge < -0.3 is 15.5 Å². The topological polar surface area (TPSA) is 63.9 Å². The Kier molecular flexibility index (Phi) is 3.50. The molecule has 1 heterocycles. The summed E-state index contributed by atoms with van der Waals surface area (Å²) in [6.07, 6.45) is 0. The molecular weight excluding hydrogens is 250 g/mol. The average Bonchev–Trinajstić information content (AvgIpc) is 2.66. The van der Waals surface area contributed by atoms with Crippen LogP contribution in [0.3, 0.4) is 0 Å². The fourth-order valence-corrected chi connectivity index (χ4v) is 2.47. The Bertz CT molecular complexity index is 636. The summed E-state index contributed by atoms with van der Waals surface area (Å²) in [5.74, 6) is 1.30. The van der Waals surface area contributed by atoms with E-state index >= 15 is 0 Å². The van der Waals surface area contributed by atoms with Crippen molar-refractivity contribution in [3.05, 3.63) is 29.0 Å². The number of hydrogen-bond acceptors (Lipinski definition) is 3. The number of aryl methyl sites for hydroxylation is 2. The van der Waals surface area contributed by atoms with Crippen LogP contribution in [0.15, 0.2) is 12.1 Å². The summed E-state index contributed by atoms with van der Waals surface area (Å²) in [7, 11) is 1.70. The lowest BCUT2D eigenvalue weighted by molar-refractivity contribution is 0.399. The first-order valence-corrected chi connectivity index (χ1v) is 6.75. The SMILES string of the molecule is COc1c(-c2nc(N)[nH]c2C)cc(C)cc1C(C)(C)C. The molecule has 108 valence electrons. The highest BCUT2D eigenvalue weighted by Gasteiger charge is 2.24. The molecule has 1 aromatic heterocycles. The van der Waals surface area contributed by atoms with Crippen molar-refractivity contribution in [2.75, 3.05) is 12.8 Å². The number of imidazole rings is 1. The summed E-state index contributed by atoms with van der Waals surface area (Å²) >= 11 is 0. The summed E-state index contributed by atoms with van der Waals surface area (Å²) < 4.78 is 5.68. The van der Waals surface area contributed by atoms with Crippen molar-refractivity contribution in [2.24, 2.45) is 0 Å². The van der Waals surface area contributed by atoms with Gasteiger partial charge in [0.15, 0.2) is 5.95 Å². The maximum atomic E-state index is 5.76. The molecule has 0 atom stereocenters. The van der Waals surface area contributed by atoms with Crippen LogP contribution in [0.4, 0.5) is 5.95 Å². The second kappa shape index (κ2) is 4.85. The number of ether oxygens (including phenoxy) is 1. The predicted molar refractivity (Wildman–Crippen MR) is 83.2 cm³/mol. The Morgan fingerprint density at radius 2 is 1.85 bits per heavy atom. The van der Waals surface area contributed by atoms with Crippen molar-refractivity contribution in [2.45, 2.75) is 40.0 Å². The van der Waals surface area contributed by atoms with Gasteiger partial charge in [0.25, 0.3) is 0 Å². The minimum absolute atomic E-state index is 0.00186. The van der Waals surface area contributed by atoms with Gasteiger partial charge in [0, 0.05) is 16.8 Å². The molecule has 2 rings (SSSR count). The van der Waals surface area contributed by atoms with E-state index in [1.54, 1.807) is 7.11 Å². The Hall–Kier alpha value is -1.97. The van der Waals surface area contributed by atoms with E-state index in [9.17, 15) is 0 Å². The van der Waals surface area contributed by atoms with Crippen molar-refractivity contribution in [1.82, 2.24) is 9.97 Å². The standard InChI is InChI=1S/C16H23N3O/c1-9-7-11(13-10(2)18-15(17)19-13)14(20-6)12(8-9)16(3,4)5/h7-8H,1-6H3,(H3,17,18,19). The van der Waals surface area contributed by atoms with Gasteiger partial charge in [-0.1, -0.05) is 26.8 Å². The summed E-state index contributed by atoms with van der Waals surface area (Å²) in [5, 5.41) is 0. The highest BCUT2D eigenvalue weighted by molar-refractivity contribution is 5.73. The number of anilines is 1. The summed E-state index contributed by atoms with van der Waals surface area (Å²) in [5.41, 5.74) is 10.9. The lowest BCUT2D eigenvalue weighted by Crippen LogP contribution is -2.14. The quantitative estimate of drug-likeness (QED) is 0.879. The molecule has 2 aromatic rings. The Morgan fingerprint density at radius 3 is 2.30 bits per heavy atom. The Balaban J connectivity index is 2.76. The molecule has 4 heteroatoms. The van der Waals surface area contributed by atoms with Gasteiger partial charge in [0.2, 0.25) is 0 Å². The number of hydrogen-bond donors (Lipinski definition) is 2. The lowest BCUT2D eigenvalue weighted by Gasteiger charge is -2.24. The largest absolute Gasteiger partial charge is 0.496 e. The van der Waals surface area contributed by atoms with Gasteiger partial charge in [0.05, 0.1) is 12.8 Å². The summed E-state index contributed by atoms with van der Waals surface area (Å²) in [4.78, 5) is 7.44. The molecule has 0 aliphatic rings. The molecule has 3 N–H and O–H groups in total. The fourth-order valence-electron chi connectivity index (χ4n) is 2.47. The number of nitrogens with two attached hydrogens (primary N) is 1. The van der Waals surface area contributed by atoms with Crippen molar-refractivity contribution in [3.63, 3.8) is 0 Å². The molecule has 0 saturated carbocycles. The number of nitrogens with zero attached hydrogens (tertiary/aromatic N) is 1. The van der Waals surface area contributed by atoms with E-state index in [2.05, 4.69) is 49.8 Å². The normalized spacial score (nSPS) is 11.7. The zero-order valence-corrected chi connectivity index (χ0v) is 13.1. The molecule has 0 radical (unpaired) electrons. The second-order valence-corrected chi connectivity index (χ2v) is 6.24. The maximum absolute atomic E-state index is 5.76. The highest BCUT2D eigenvalue weighted by atomic mass is 16.5. The first-order chi connectivity index (χ1) is 9.24. The number of benzene rings is 1. The molecule has 0 unspecified atom stereocenters. The van der Waals surface area contributed by atoms with E-state index in [1.807, 2.05) is 6.92 Å². The van der Waals surface area contributed by atoms with E-state index in [0.29, 0.717) is 5.95 Å². The van der Waals surface area contributed by atoms with Crippen LogP contribution in [0.2, 0.25) is 0 Å². The number of methoxy groups -OCH3 is 1. The zero-order chi connectivity index (χ0) is 15.1. The van der Waals surface area contributed by atoms with Crippen LogP contribution in [-0.2, 0) is 5.41 Å². The van der Waals surface area contributed by atoms with Crippen LogP contribution >= 0.6 is 0 Å². The third-order valence-corrected chi connectivity index (χ3v) is 3.40. The van der Waals surface area contributed by atoms with Gasteiger partial charge in [-0.25, -0.2) is 4.98 Å². The summed E-state index contributed by atoms with van der Waals surface area (Å²) in [6.45, 7) is 10.6. The monoisotopic (exact) mass is 273 g/mol. The molecule has 0 saturated heterocycles. The third kappa shape index (κ3) is 2.50. The first kappa shape index (κ1) is 14.4. The first-order valence-electron chi connectivity index (χ1n) is 6.75. The van der Waals surface area contributed by atoms with E-state index in [4.69, 9.17) is 10.5 Å². The van der Waals surface area contributed by atoms with Crippen LogP contribution in [0, 0.1) is 13.8 Å². The number of aromatic nitrogens is 2. The minimum atomic E-state index is 0.00186. The van der Waals surface area contributed by atoms with E-state index in [1.165, 1.54) is 11.1 Å². The Labute approximate surface area is 120 Å². The van der Waals surface area contributed by atoms with Gasteiger partial charge in [-0.2, -0.15) is 0 Å². The summed E-state index contributed by atoms with van der Waals surface area (Å²) in [6, 6.07) is 4.27. The van der Waals surface area contributed by atoms with Crippen LogP contribution in [0.5, 0.6) is 5.75 Å².